The van der Waals surface area contributed by atoms with E-state index in [0.717, 1.165) is 6.07 Å². The maximum absolute atomic E-state index is 12.4. The van der Waals surface area contributed by atoms with Gasteiger partial charge in [0.1, 0.15) is 24.2 Å². The van der Waals surface area contributed by atoms with Crippen LogP contribution in [-0.4, -0.2) is 17.6 Å². The topological polar surface area (TPSA) is 137 Å². The van der Waals surface area contributed by atoms with Crippen LogP contribution >= 0.6 is 0 Å². The minimum absolute atomic E-state index is 0.00142. The van der Waals surface area contributed by atoms with Gasteiger partial charge in [-0.05, 0) is 30.3 Å². The number of hydrogen-bond acceptors (Lipinski definition) is 8. The maximum atomic E-state index is 12.4. The summed E-state index contributed by atoms with van der Waals surface area (Å²) in [5, 5.41) is 22.5. The highest BCUT2D eigenvalue weighted by atomic mass is 16.7. The van der Waals surface area contributed by atoms with Crippen molar-refractivity contribution < 1.29 is 28.3 Å². The van der Waals surface area contributed by atoms with Gasteiger partial charge in [-0.1, -0.05) is 0 Å². The third-order valence-corrected chi connectivity index (χ3v) is 4.19. The molecule has 30 heavy (non-hydrogen) atoms. The highest BCUT2D eigenvalue weighted by molar-refractivity contribution is 6.03. The standard InChI is InChI=1S/C20H13N3O7/c21-9-12-7-13(23(25)26)1-4-16(12)22-20(24)18-6-3-15(30-18)10-27-14-2-5-17-19(8-14)29-11-28-17/h1-8H,10-11H2,(H,22,24). The third kappa shape index (κ3) is 3.85. The highest BCUT2D eigenvalue weighted by Crippen LogP contribution is 2.35. The lowest BCUT2D eigenvalue weighted by Crippen LogP contribution is -2.12. The molecular formula is C20H13N3O7. The number of nitrogens with one attached hydrogen (secondary N) is 1. The number of fused-ring (bicyclic) bond motifs is 1. The number of nitro benzene ring substituents is 1. The average molecular weight is 407 g/mol. The average Bonchev–Trinajstić information content (AvgIpc) is 3.41. The van der Waals surface area contributed by atoms with Crippen molar-refractivity contribution in [2.45, 2.75) is 6.61 Å². The molecule has 0 saturated carbocycles. The van der Waals surface area contributed by atoms with Crippen molar-refractivity contribution in [1.82, 2.24) is 0 Å². The molecule has 0 saturated heterocycles. The molecule has 4 rings (SSSR count). The van der Waals surface area contributed by atoms with E-state index in [9.17, 15) is 14.9 Å². The van der Waals surface area contributed by atoms with Gasteiger partial charge in [-0.15, -0.1) is 0 Å². The molecule has 10 nitrogen and oxygen atoms in total. The lowest BCUT2D eigenvalue weighted by atomic mass is 10.1. The van der Waals surface area contributed by atoms with Crippen LogP contribution in [0.2, 0.25) is 0 Å². The van der Waals surface area contributed by atoms with Crippen LogP contribution in [0.3, 0.4) is 0 Å². The number of furan rings is 1. The fraction of sp³-hybridized carbons (Fsp3) is 0.100. The number of nitrogens with zero attached hydrogens (tertiary/aromatic N) is 2. The number of amides is 1. The first kappa shape index (κ1) is 18.8. The Hall–Kier alpha value is -4.52. The van der Waals surface area contributed by atoms with Gasteiger partial charge in [0.15, 0.2) is 17.3 Å². The maximum Gasteiger partial charge on any atom is 0.291 e. The Bertz CT molecular complexity index is 1180. The van der Waals surface area contributed by atoms with E-state index >= 15 is 0 Å². The number of nitro groups is 1. The molecular weight excluding hydrogens is 394 g/mol. The minimum atomic E-state index is -0.620. The van der Waals surface area contributed by atoms with E-state index in [-0.39, 0.29) is 36.1 Å². The zero-order valence-electron chi connectivity index (χ0n) is 15.3. The summed E-state index contributed by atoms with van der Waals surface area (Å²) < 4.78 is 21.6. The van der Waals surface area contributed by atoms with Crippen LogP contribution < -0.4 is 19.5 Å². The summed E-state index contributed by atoms with van der Waals surface area (Å²) in [6, 6.07) is 13.6. The van der Waals surface area contributed by atoms with Crippen LogP contribution in [0.25, 0.3) is 0 Å². The Morgan fingerprint density at radius 3 is 2.80 bits per heavy atom. The van der Waals surface area contributed by atoms with E-state index in [0.29, 0.717) is 23.0 Å². The van der Waals surface area contributed by atoms with Gasteiger partial charge < -0.3 is 23.9 Å². The first-order valence-electron chi connectivity index (χ1n) is 8.64. The Morgan fingerprint density at radius 2 is 2.00 bits per heavy atom. The molecule has 1 aromatic heterocycles. The number of ether oxygens (including phenoxy) is 3. The zero-order valence-corrected chi connectivity index (χ0v) is 15.3. The first-order valence-corrected chi connectivity index (χ1v) is 8.64. The second kappa shape index (κ2) is 7.84. The monoisotopic (exact) mass is 407 g/mol. The van der Waals surface area contributed by atoms with Crippen LogP contribution in [0.5, 0.6) is 17.2 Å². The molecule has 10 heteroatoms. The predicted molar refractivity (Wildman–Crippen MR) is 101 cm³/mol. The van der Waals surface area contributed by atoms with Crippen molar-refractivity contribution in [2.75, 3.05) is 12.1 Å². The van der Waals surface area contributed by atoms with Crippen molar-refractivity contribution >= 4 is 17.3 Å². The molecule has 0 fully saturated rings. The van der Waals surface area contributed by atoms with Crippen LogP contribution in [-0.2, 0) is 6.61 Å². The van der Waals surface area contributed by atoms with Gasteiger partial charge in [0.2, 0.25) is 6.79 Å². The summed E-state index contributed by atoms with van der Waals surface area (Å²) in [5.74, 6) is 1.58. The van der Waals surface area contributed by atoms with Crippen molar-refractivity contribution in [2.24, 2.45) is 0 Å². The molecule has 1 aliphatic rings. The molecule has 1 N–H and O–H groups in total. The van der Waals surface area contributed by atoms with Crippen molar-refractivity contribution in [3.05, 3.63) is 75.7 Å². The second-order valence-corrected chi connectivity index (χ2v) is 6.12. The van der Waals surface area contributed by atoms with E-state index in [1.807, 2.05) is 6.07 Å². The molecule has 0 bridgehead atoms. The van der Waals surface area contributed by atoms with Gasteiger partial charge in [0, 0.05) is 18.2 Å². The van der Waals surface area contributed by atoms with Gasteiger partial charge in [0.05, 0.1) is 16.2 Å². The Morgan fingerprint density at radius 1 is 1.17 bits per heavy atom. The van der Waals surface area contributed by atoms with Gasteiger partial charge in [-0.3, -0.25) is 14.9 Å². The summed E-state index contributed by atoms with van der Waals surface area (Å²) in [6.07, 6.45) is 0. The molecule has 0 spiro atoms. The van der Waals surface area contributed by atoms with Crippen molar-refractivity contribution in [3.63, 3.8) is 0 Å². The Kier molecular flexibility index (Phi) is 4.92. The molecule has 2 heterocycles. The van der Waals surface area contributed by atoms with E-state index in [4.69, 9.17) is 23.9 Å². The number of carbonyl (C=O) groups is 1. The van der Waals surface area contributed by atoms with E-state index in [2.05, 4.69) is 5.32 Å². The van der Waals surface area contributed by atoms with Crippen LogP contribution in [0.1, 0.15) is 21.9 Å². The van der Waals surface area contributed by atoms with Gasteiger partial charge >= 0.3 is 0 Å². The summed E-state index contributed by atoms with van der Waals surface area (Å²) in [6.45, 7) is 0.242. The smallest absolute Gasteiger partial charge is 0.291 e. The second-order valence-electron chi connectivity index (χ2n) is 6.12. The predicted octanol–water partition coefficient (Wildman–Crippen LogP) is 3.62. The number of nitriles is 1. The summed E-state index contributed by atoms with van der Waals surface area (Å²) in [5.41, 5.74) is -0.136. The number of hydrogen-bond donors (Lipinski definition) is 1. The zero-order chi connectivity index (χ0) is 21.1. The third-order valence-electron chi connectivity index (χ3n) is 4.19. The van der Waals surface area contributed by atoms with Gasteiger partial charge in [-0.2, -0.15) is 5.26 Å². The molecule has 0 radical (unpaired) electrons. The molecule has 0 atom stereocenters. The van der Waals surface area contributed by atoms with Crippen LogP contribution in [0.15, 0.2) is 52.9 Å². The molecule has 2 aromatic carbocycles. The van der Waals surface area contributed by atoms with Crippen molar-refractivity contribution in [1.29, 1.82) is 5.26 Å². The fourth-order valence-corrected chi connectivity index (χ4v) is 2.73. The van der Waals surface area contributed by atoms with E-state index in [1.54, 1.807) is 24.3 Å². The summed E-state index contributed by atoms with van der Waals surface area (Å²) in [7, 11) is 0. The Balaban J connectivity index is 1.41. The van der Waals surface area contributed by atoms with E-state index < -0.39 is 10.8 Å². The largest absolute Gasteiger partial charge is 0.486 e. The molecule has 0 unspecified atom stereocenters. The summed E-state index contributed by atoms with van der Waals surface area (Å²) in [4.78, 5) is 22.6. The molecule has 3 aromatic rings. The van der Waals surface area contributed by atoms with Crippen LogP contribution in [0, 0.1) is 21.4 Å². The van der Waals surface area contributed by atoms with E-state index in [1.165, 1.54) is 18.2 Å². The Labute approximate surface area is 169 Å². The fourth-order valence-electron chi connectivity index (χ4n) is 2.73. The lowest BCUT2D eigenvalue weighted by Gasteiger charge is -2.06. The molecule has 150 valence electrons. The summed E-state index contributed by atoms with van der Waals surface area (Å²) >= 11 is 0. The molecule has 0 aliphatic carbocycles. The number of anilines is 1. The van der Waals surface area contributed by atoms with Crippen LogP contribution in [0.4, 0.5) is 11.4 Å². The number of non-ortho nitro benzene ring substituents is 1. The minimum Gasteiger partial charge on any atom is -0.486 e. The quantitative estimate of drug-likeness (QED) is 0.483. The first-order chi connectivity index (χ1) is 14.5. The lowest BCUT2D eigenvalue weighted by molar-refractivity contribution is -0.384. The number of carbonyl (C=O) groups excluding carboxylic acids is 1. The normalized spacial score (nSPS) is 11.6. The molecule has 1 amide bonds. The van der Waals surface area contributed by atoms with Crippen molar-refractivity contribution in [3.8, 4) is 23.3 Å². The van der Waals surface area contributed by atoms with Gasteiger partial charge in [0.25, 0.3) is 11.6 Å². The van der Waals surface area contributed by atoms with Gasteiger partial charge in [-0.25, -0.2) is 0 Å². The SMILES string of the molecule is N#Cc1cc([N+](=O)[O-])ccc1NC(=O)c1ccc(COc2ccc3c(c2)OCO3)o1. The highest BCUT2D eigenvalue weighted by Gasteiger charge is 2.17. The number of benzene rings is 2. The number of rotatable bonds is 6. The molecule has 1 aliphatic heterocycles.